The molecular weight excluding hydrogens is 352 g/mol. The molecular formula is C9H7Br2F2NO2. The summed E-state index contributed by atoms with van der Waals surface area (Å²) in [5, 5.41) is 0. The Morgan fingerprint density at radius 1 is 1.56 bits per heavy atom. The van der Waals surface area contributed by atoms with Crippen molar-refractivity contribution in [1.29, 1.82) is 0 Å². The lowest BCUT2D eigenvalue weighted by atomic mass is 10.2. The minimum atomic E-state index is -2.69. The minimum absolute atomic E-state index is 0.135. The molecule has 0 aliphatic carbocycles. The second-order valence-corrected chi connectivity index (χ2v) is 4.27. The molecule has 1 aromatic rings. The number of ether oxygens (including phenoxy) is 1. The van der Waals surface area contributed by atoms with Crippen molar-refractivity contribution < 1.29 is 18.3 Å². The molecule has 1 rings (SSSR count). The van der Waals surface area contributed by atoms with Gasteiger partial charge >= 0.3 is 5.97 Å². The molecule has 0 unspecified atom stereocenters. The number of esters is 1. The number of nitrogens with zero attached hydrogens (tertiary/aromatic N) is 1. The van der Waals surface area contributed by atoms with Gasteiger partial charge in [0.25, 0.3) is 6.43 Å². The predicted molar refractivity (Wildman–Crippen MR) is 60.6 cm³/mol. The van der Waals surface area contributed by atoms with Crippen LogP contribution in [-0.2, 0) is 4.74 Å². The highest BCUT2D eigenvalue weighted by atomic mass is 79.9. The molecule has 3 nitrogen and oxygen atoms in total. The maximum absolute atomic E-state index is 12.6. The van der Waals surface area contributed by atoms with Crippen molar-refractivity contribution in [3.63, 3.8) is 0 Å². The van der Waals surface area contributed by atoms with Gasteiger partial charge in [-0.25, -0.2) is 18.6 Å². The number of hydrogen-bond donors (Lipinski definition) is 0. The Kier molecular flexibility index (Phi) is 4.79. The minimum Gasteiger partial charge on any atom is -0.461 e. The maximum atomic E-state index is 12.6. The summed E-state index contributed by atoms with van der Waals surface area (Å²) in [4.78, 5) is 15.1. The van der Waals surface area contributed by atoms with Gasteiger partial charge in [-0.1, -0.05) is 0 Å². The second kappa shape index (κ2) is 5.67. The van der Waals surface area contributed by atoms with Crippen LogP contribution in [0, 0.1) is 0 Å². The Morgan fingerprint density at radius 3 is 2.69 bits per heavy atom. The smallest absolute Gasteiger partial charge is 0.356 e. The van der Waals surface area contributed by atoms with Gasteiger partial charge in [0.05, 0.1) is 11.1 Å². The van der Waals surface area contributed by atoms with Crippen LogP contribution in [0.1, 0.15) is 29.4 Å². The lowest BCUT2D eigenvalue weighted by molar-refractivity contribution is 0.0518. The quantitative estimate of drug-likeness (QED) is 0.610. The van der Waals surface area contributed by atoms with Gasteiger partial charge in [-0.05, 0) is 44.8 Å². The molecule has 0 aliphatic heterocycles. The summed E-state index contributed by atoms with van der Waals surface area (Å²) in [6, 6.07) is 1.01. The fraction of sp³-hybridized carbons (Fsp3) is 0.333. The largest absolute Gasteiger partial charge is 0.461 e. The Bertz CT molecular complexity index is 413. The summed E-state index contributed by atoms with van der Waals surface area (Å²) >= 11 is 5.95. The van der Waals surface area contributed by atoms with E-state index < -0.39 is 12.4 Å². The fourth-order valence-electron chi connectivity index (χ4n) is 0.985. The Hall–Kier alpha value is -0.560. The number of aromatic nitrogens is 1. The van der Waals surface area contributed by atoms with E-state index in [1.807, 2.05) is 0 Å². The van der Waals surface area contributed by atoms with E-state index in [0.29, 0.717) is 0 Å². The van der Waals surface area contributed by atoms with Crippen LogP contribution in [-0.4, -0.2) is 17.6 Å². The molecule has 7 heteroatoms. The Balaban J connectivity index is 3.18. The van der Waals surface area contributed by atoms with Crippen LogP contribution in [0.5, 0.6) is 0 Å². The van der Waals surface area contributed by atoms with Gasteiger partial charge in [0, 0.05) is 5.56 Å². The van der Waals surface area contributed by atoms with E-state index in [2.05, 4.69) is 41.6 Å². The van der Waals surface area contributed by atoms with Gasteiger partial charge in [0.2, 0.25) is 0 Å². The lowest BCUT2D eigenvalue weighted by Crippen LogP contribution is -2.08. The average molecular weight is 359 g/mol. The van der Waals surface area contributed by atoms with E-state index >= 15 is 0 Å². The van der Waals surface area contributed by atoms with E-state index in [9.17, 15) is 13.6 Å². The van der Waals surface area contributed by atoms with Gasteiger partial charge in [-0.3, -0.25) is 0 Å². The first kappa shape index (κ1) is 13.5. The zero-order valence-corrected chi connectivity index (χ0v) is 11.3. The number of carbonyl (C=O) groups excluding carboxylic acids is 1. The van der Waals surface area contributed by atoms with E-state index in [4.69, 9.17) is 0 Å². The van der Waals surface area contributed by atoms with Crippen LogP contribution in [0.4, 0.5) is 8.78 Å². The summed E-state index contributed by atoms with van der Waals surface area (Å²) in [5.74, 6) is -0.724. The van der Waals surface area contributed by atoms with Crippen molar-refractivity contribution in [2.45, 2.75) is 13.3 Å². The van der Waals surface area contributed by atoms with Crippen LogP contribution in [0.25, 0.3) is 0 Å². The SMILES string of the molecule is CCOC(=O)c1cc(C(F)F)c(Br)c(Br)n1. The predicted octanol–water partition coefficient (Wildman–Crippen LogP) is 3.72. The summed E-state index contributed by atoms with van der Waals surface area (Å²) in [6.07, 6.45) is -2.69. The first-order valence-electron chi connectivity index (χ1n) is 4.28. The number of alkyl halides is 2. The third-order valence-corrected chi connectivity index (χ3v) is 3.60. The number of hydrogen-bond acceptors (Lipinski definition) is 3. The normalized spacial score (nSPS) is 10.6. The molecule has 16 heavy (non-hydrogen) atoms. The molecule has 0 saturated heterocycles. The highest BCUT2D eigenvalue weighted by molar-refractivity contribution is 9.13. The van der Waals surface area contributed by atoms with Gasteiger partial charge in [-0.15, -0.1) is 0 Å². The topological polar surface area (TPSA) is 39.2 Å². The van der Waals surface area contributed by atoms with E-state index in [0.717, 1.165) is 6.07 Å². The zero-order chi connectivity index (χ0) is 12.3. The third kappa shape index (κ3) is 2.98. The van der Waals surface area contributed by atoms with Gasteiger partial charge in [-0.2, -0.15) is 0 Å². The van der Waals surface area contributed by atoms with Crippen LogP contribution in [0.2, 0.25) is 0 Å². The molecule has 0 N–H and O–H groups in total. The van der Waals surface area contributed by atoms with Gasteiger partial charge < -0.3 is 4.74 Å². The van der Waals surface area contributed by atoms with Crippen molar-refractivity contribution in [2.75, 3.05) is 6.61 Å². The molecule has 0 radical (unpaired) electrons. The number of carbonyl (C=O) groups is 1. The molecule has 0 aliphatic rings. The first-order valence-corrected chi connectivity index (χ1v) is 5.87. The number of rotatable bonds is 3. The van der Waals surface area contributed by atoms with E-state index in [1.54, 1.807) is 6.92 Å². The van der Waals surface area contributed by atoms with Crippen molar-refractivity contribution in [2.24, 2.45) is 0 Å². The van der Waals surface area contributed by atoms with E-state index in [1.165, 1.54) is 0 Å². The third-order valence-electron chi connectivity index (χ3n) is 1.67. The molecule has 88 valence electrons. The van der Waals surface area contributed by atoms with Crippen molar-refractivity contribution in [1.82, 2.24) is 4.98 Å². The van der Waals surface area contributed by atoms with Crippen LogP contribution < -0.4 is 0 Å². The molecule has 0 atom stereocenters. The maximum Gasteiger partial charge on any atom is 0.356 e. The number of halogens is 4. The van der Waals surface area contributed by atoms with Crippen LogP contribution in [0.15, 0.2) is 15.1 Å². The van der Waals surface area contributed by atoms with Crippen molar-refractivity contribution in [3.05, 3.63) is 26.4 Å². The van der Waals surface area contributed by atoms with Crippen LogP contribution >= 0.6 is 31.9 Å². The molecule has 1 aromatic heterocycles. The molecule has 0 fully saturated rings. The molecule has 1 heterocycles. The summed E-state index contributed by atoms with van der Waals surface area (Å²) in [6.45, 7) is 1.79. The molecule has 0 bridgehead atoms. The summed E-state index contributed by atoms with van der Waals surface area (Å²) in [5.41, 5.74) is -0.447. The summed E-state index contributed by atoms with van der Waals surface area (Å²) < 4.78 is 30.2. The Morgan fingerprint density at radius 2 is 2.19 bits per heavy atom. The first-order chi connectivity index (χ1) is 7.47. The van der Waals surface area contributed by atoms with Crippen LogP contribution in [0.3, 0.4) is 0 Å². The van der Waals surface area contributed by atoms with E-state index in [-0.39, 0.29) is 26.9 Å². The second-order valence-electron chi connectivity index (χ2n) is 2.72. The Labute approximate surface area is 107 Å². The molecule has 0 spiro atoms. The highest BCUT2D eigenvalue weighted by Gasteiger charge is 2.19. The lowest BCUT2D eigenvalue weighted by Gasteiger charge is -2.07. The van der Waals surface area contributed by atoms with Crippen molar-refractivity contribution >= 4 is 37.8 Å². The molecule has 0 aromatic carbocycles. The number of pyridine rings is 1. The fourth-order valence-corrected chi connectivity index (χ4v) is 1.78. The monoisotopic (exact) mass is 357 g/mol. The zero-order valence-electron chi connectivity index (χ0n) is 8.14. The highest BCUT2D eigenvalue weighted by Crippen LogP contribution is 2.32. The summed E-state index contributed by atoms with van der Waals surface area (Å²) in [7, 11) is 0. The van der Waals surface area contributed by atoms with Gasteiger partial charge in [0.1, 0.15) is 10.3 Å². The standard InChI is InChI=1S/C9H7Br2F2NO2/c1-2-16-9(15)5-3-4(8(12)13)6(10)7(11)14-5/h3,8H,2H2,1H3. The average Bonchev–Trinajstić information content (AvgIpc) is 2.21. The molecule has 0 saturated carbocycles. The van der Waals surface area contributed by atoms with Gasteiger partial charge in [0.15, 0.2) is 0 Å². The molecule has 0 amide bonds. The van der Waals surface area contributed by atoms with Crippen molar-refractivity contribution in [3.8, 4) is 0 Å².